The summed E-state index contributed by atoms with van der Waals surface area (Å²) in [4.78, 5) is 24.6. The van der Waals surface area contributed by atoms with Crippen molar-refractivity contribution in [2.24, 2.45) is 11.1 Å². The van der Waals surface area contributed by atoms with Gasteiger partial charge in [0.15, 0.2) is 6.61 Å². The zero-order valence-electron chi connectivity index (χ0n) is 20.8. The van der Waals surface area contributed by atoms with E-state index in [4.69, 9.17) is 10.5 Å². The van der Waals surface area contributed by atoms with Crippen LogP contribution in [0.15, 0.2) is 48.7 Å². The number of hydrogen-bond acceptors (Lipinski definition) is 8. The van der Waals surface area contributed by atoms with E-state index in [-0.39, 0.29) is 23.0 Å². The number of ether oxygens (including phenoxy) is 1. The molecule has 0 unspecified atom stereocenters. The number of nitrogens with one attached hydrogen (secondary N) is 3. The number of benzene rings is 1. The molecule has 2 heterocycles. The first-order chi connectivity index (χ1) is 17.4. The monoisotopic (exact) mass is 517 g/mol. The second-order valence-electron chi connectivity index (χ2n) is 9.27. The number of carbonyl (C=O) groups excluding carboxylic acids is 1. The Morgan fingerprint density at radius 2 is 1.73 bits per heavy atom. The van der Waals surface area contributed by atoms with Crippen molar-refractivity contribution < 1.29 is 22.7 Å². The number of halogens is 3. The van der Waals surface area contributed by atoms with Crippen LogP contribution in [0.2, 0.25) is 0 Å². The van der Waals surface area contributed by atoms with Crippen LogP contribution in [0.4, 0.5) is 30.6 Å². The molecule has 5 N–H and O–H groups in total. The Morgan fingerprint density at radius 3 is 2.35 bits per heavy atom. The Kier molecular flexibility index (Phi) is 8.87. The molecular weight excluding hydrogens is 487 g/mol. The molecule has 37 heavy (non-hydrogen) atoms. The van der Waals surface area contributed by atoms with Gasteiger partial charge in [0.2, 0.25) is 0 Å². The lowest BCUT2D eigenvalue weighted by atomic mass is 9.94. The normalized spacial score (nSPS) is 11.6. The highest BCUT2D eigenvalue weighted by Crippen LogP contribution is 2.22. The van der Waals surface area contributed by atoms with Gasteiger partial charge in [0.05, 0.1) is 5.56 Å². The smallest absolute Gasteiger partial charge is 0.422 e. The predicted molar refractivity (Wildman–Crippen MR) is 135 cm³/mol. The largest absolute Gasteiger partial charge is 0.454 e. The lowest BCUT2D eigenvalue weighted by Crippen LogP contribution is -2.38. The third-order valence-corrected chi connectivity index (χ3v) is 5.23. The van der Waals surface area contributed by atoms with Gasteiger partial charge in [0, 0.05) is 25.4 Å². The van der Waals surface area contributed by atoms with Crippen molar-refractivity contribution >= 4 is 23.4 Å². The summed E-state index contributed by atoms with van der Waals surface area (Å²) in [7, 11) is 0. The van der Waals surface area contributed by atoms with Crippen LogP contribution in [0.5, 0.6) is 6.01 Å². The maximum Gasteiger partial charge on any atom is 0.422 e. The Morgan fingerprint density at radius 1 is 1.03 bits per heavy atom. The molecular formula is C25H30F3N7O2. The quantitative estimate of drug-likeness (QED) is 0.298. The van der Waals surface area contributed by atoms with Crippen LogP contribution in [-0.2, 0) is 6.54 Å². The van der Waals surface area contributed by atoms with Gasteiger partial charge in [-0.3, -0.25) is 4.79 Å². The number of anilines is 3. The number of pyridine rings is 1. The molecule has 0 saturated heterocycles. The number of nitrogens with two attached hydrogens (primary N) is 1. The van der Waals surface area contributed by atoms with E-state index in [1.165, 1.54) is 12.3 Å². The van der Waals surface area contributed by atoms with E-state index in [0.29, 0.717) is 31.0 Å². The summed E-state index contributed by atoms with van der Waals surface area (Å²) in [6, 6.07) is 12.0. The van der Waals surface area contributed by atoms with Crippen LogP contribution < -0.4 is 26.4 Å². The first-order valence-corrected chi connectivity index (χ1v) is 11.5. The molecule has 9 nitrogen and oxygen atoms in total. The minimum absolute atomic E-state index is 0.160. The molecule has 1 amide bonds. The molecule has 0 saturated carbocycles. The Bertz CT molecular complexity index is 1180. The molecule has 3 rings (SSSR count). The number of amides is 1. The van der Waals surface area contributed by atoms with Crippen LogP contribution in [0.3, 0.4) is 0 Å². The van der Waals surface area contributed by atoms with Crippen molar-refractivity contribution in [1.82, 2.24) is 20.3 Å². The van der Waals surface area contributed by atoms with Crippen LogP contribution in [0.25, 0.3) is 0 Å². The highest BCUT2D eigenvalue weighted by atomic mass is 19.4. The minimum atomic E-state index is -4.54. The van der Waals surface area contributed by atoms with Gasteiger partial charge in [-0.25, -0.2) is 4.98 Å². The van der Waals surface area contributed by atoms with E-state index in [1.807, 2.05) is 45.0 Å². The number of aromatic nitrogens is 3. The van der Waals surface area contributed by atoms with E-state index in [2.05, 4.69) is 30.9 Å². The molecule has 0 aliphatic heterocycles. The molecule has 0 radical (unpaired) electrons. The van der Waals surface area contributed by atoms with Gasteiger partial charge in [-0.05, 0) is 36.6 Å². The fraction of sp³-hybridized carbons (Fsp3) is 0.360. The number of aryl methyl sites for hydroxylation is 1. The topological polar surface area (TPSA) is 127 Å². The van der Waals surface area contributed by atoms with Gasteiger partial charge in [-0.15, -0.1) is 0 Å². The summed E-state index contributed by atoms with van der Waals surface area (Å²) >= 11 is 0. The number of hydrogen-bond donors (Lipinski definition) is 4. The zero-order chi connectivity index (χ0) is 27.1. The lowest BCUT2D eigenvalue weighted by Gasteiger charge is -2.22. The van der Waals surface area contributed by atoms with Crippen molar-refractivity contribution in [3.63, 3.8) is 0 Å². The van der Waals surface area contributed by atoms with Gasteiger partial charge in [-0.2, -0.15) is 23.1 Å². The van der Waals surface area contributed by atoms with Crippen molar-refractivity contribution in [3.05, 3.63) is 65.4 Å². The fourth-order valence-corrected chi connectivity index (χ4v) is 2.92. The molecule has 12 heteroatoms. The van der Waals surface area contributed by atoms with Crippen molar-refractivity contribution in [2.75, 3.05) is 30.3 Å². The zero-order valence-corrected chi connectivity index (χ0v) is 20.8. The van der Waals surface area contributed by atoms with Crippen molar-refractivity contribution in [1.29, 1.82) is 0 Å². The Hall–Kier alpha value is -3.93. The van der Waals surface area contributed by atoms with Gasteiger partial charge in [0.1, 0.15) is 17.5 Å². The first kappa shape index (κ1) is 27.7. The molecule has 3 aromatic rings. The fourth-order valence-electron chi connectivity index (χ4n) is 2.92. The standard InChI is InChI=1S/C25H30F3N7O2/c1-16-4-6-17(7-5-16)11-30-20-10-21(35-23(34-20)37-15-25(26,27)28)33-19-9-8-18(12-31-19)22(36)32-14-24(2,3)13-29/h4-10,12H,11,13-15,29H2,1-3H3,(H,32,36)(H2,30,31,33,34,35). The van der Waals surface area contributed by atoms with Gasteiger partial charge in [-0.1, -0.05) is 43.7 Å². The van der Waals surface area contributed by atoms with Crippen LogP contribution in [0, 0.1) is 12.3 Å². The van der Waals surface area contributed by atoms with Gasteiger partial charge >= 0.3 is 12.2 Å². The summed E-state index contributed by atoms with van der Waals surface area (Å²) in [6.45, 7) is 5.54. The molecule has 0 spiro atoms. The van der Waals surface area contributed by atoms with E-state index < -0.39 is 18.8 Å². The first-order valence-electron chi connectivity index (χ1n) is 11.5. The summed E-state index contributed by atoms with van der Waals surface area (Å²) in [6.07, 6.45) is -3.16. The highest BCUT2D eigenvalue weighted by Gasteiger charge is 2.29. The number of rotatable bonds is 11. The molecule has 0 atom stereocenters. The average Bonchev–Trinajstić information content (AvgIpc) is 2.86. The molecule has 0 fully saturated rings. The summed E-state index contributed by atoms with van der Waals surface area (Å²) in [5.74, 6) is 0.443. The second kappa shape index (κ2) is 11.9. The summed E-state index contributed by atoms with van der Waals surface area (Å²) in [5, 5.41) is 8.79. The predicted octanol–water partition coefficient (Wildman–Crippen LogP) is 4.19. The highest BCUT2D eigenvalue weighted by molar-refractivity contribution is 5.94. The third kappa shape index (κ3) is 9.22. The lowest BCUT2D eigenvalue weighted by molar-refractivity contribution is -0.154. The maximum absolute atomic E-state index is 12.7. The summed E-state index contributed by atoms with van der Waals surface area (Å²) in [5.41, 5.74) is 7.86. The van der Waals surface area contributed by atoms with Crippen LogP contribution >= 0.6 is 0 Å². The Balaban J connectivity index is 1.72. The van der Waals surface area contributed by atoms with Crippen LogP contribution in [0.1, 0.15) is 35.3 Å². The molecule has 2 aromatic heterocycles. The number of alkyl halides is 3. The average molecular weight is 518 g/mol. The third-order valence-electron chi connectivity index (χ3n) is 5.23. The molecule has 198 valence electrons. The van der Waals surface area contributed by atoms with Gasteiger partial charge < -0.3 is 26.4 Å². The Labute approximate surface area is 213 Å². The summed E-state index contributed by atoms with van der Waals surface area (Å²) < 4.78 is 42.8. The van der Waals surface area contributed by atoms with Crippen molar-refractivity contribution in [2.45, 2.75) is 33.5 Å². The van der Waals surface area contributed by atoms with Crippen molar-refractivity contribution in [3.8, 4) is 6.01 Å². The SMILES string of the molecule is Cc1ccc(CNc2cc(Nc3ccc(C(=O)NCC(C)(C)CN)cn3)nc(OCC(F)(F)F)n2)cc1. The van der Waals surface area contributed by atoms with E-state index in [1.54, 1.807) is 12.1 Å². The molecule has 1 aromatic carbocycles. The minimum Gasteiger partial charge on any atom is -0.454 e. The van der Waals surface area contributed by atoms with Crippen LogP contribution in [-0.4, -0.2) is 46.7 Å². The molecule has 0 aliphatic rings. The molecule has 0 aliphatic carbocycles. The van der Waals surface area contributed by atoms with Gasteiger partial charge in [0.25, 0.3) is 5.91 Å². The second-order valence-corrected chi connectivity index (χ2v) is 9.27. The number of nitrogens with zero attached hydrogens (tertiary/aromatic N) is 3. The van der Waals surface area contributed by atoms with E-state index in [0.717, 1.165) is 11.1 Å². The number of carbonyl (C=O) groups is 1. The van der Waals surface area contributed by atoms with E-state index in [9.17, 15) is 18.0 Å². The van der Waals surface area contributed by atoms with E-state index >= 15 is 0 Å². The molecule has 0 bridgehead atoms. The maximum atomic E-state index is 12.7.